The third-order valence-corrected chi connectivity index (χ3v) is 4.74. The Kier molecular flexibility index (Phi) is 4.63. The normalized spacial score (nSPS) is 10.6. The summed E-state index contributed by atoms with van der Waals surface area (Å²) < 4.78 is 26.3. The molecule has 0 heterocycles. The van der Waals surface area contributed by atoms with Crippen LogP contribution in [0.5, 0.6) is 0 Å². The summed E-state index contributed by atoms with van der Waals surface area (Å²) in [5, 5.41) is 8.63. The lowest BCUT2D eigenvalue weighted by atomic mass is 10.2. The first-order valence-corrected chi connectivity index (χ1v) is 7.73. The van der Waals surface area contributed by atoms with Crippen molar-refractivity contribution in [2.45, 2.75) is 4.90 Å². The van der Waals surface area contributed by atoms with Crippen LogP contribution < -0.4 is 4.31 Å². The molecule has 4 nitrogen and oxygen atoms in total. The van der Waals surface area contributed by atoms with Crippen LogP contribution in [-0.2, 0) is 10.0 Å². The van der Waals surface area contributed by atoms with Gasteiger partial charge in [0, 0.05) is 12.6 Å². The number of hydrogen-bond donors (Lipinski definition) is 1. The number of para-hydroxylation sites is 1. The van der Waals surface area contributed by atoms with E-state index in [0.29, 0.717) is 11.3 Å². The number of aliphatic hydroxyl groups excluding tert-OH is 1. The number of anilines is 1. The van der Waals surface area contributed by atoms with Gasteiger partial charge in [-0.05, 0) is 36.4 Å². The third kappa shape index (κ3) is 3.43. The Morgan fingerprint density at radius 1 is 1.05 bits per heavy atom. The Labute approximate surface area is 124 Å². The zero-order chi connectivity index (χ0) is 15.3. The van der Waals surface area contributed by atoms with Gasteiger partial charge in [-0.25, -0.2) is 8.42 Å². The second kappa shape index (κ2) is 6.44. The van der Waals surface area contributed by atoms with Crippen LogP contribution in [-0.4, -0.2) is 27.2 Å². The van der Waals surface area contributed by atoms with Crippen LogP contribution >= 0.6 is 0 Å². The van der Waals surface area contributed by atoms with Crippen LogP contribution in [0.15, 0.2) is 59.5 Å². The largest absolute Gasteiger partial charge is 0.384 e. The van der Waals surface area contributed by atoms with Crippen LogP contribution in [0.4, 0.5) is 5.69 Å². The quantitative estimate of drug-likeness (QED) is 0.880. The zero-order valence-corrected chi connectivity index (χ0v) is 12.3. The molecule has 2 rings (SSSR count). The van der Waals surface area contributed by atoms with Crippen LogP contribution in [0.3, 0.4) is 0 Å². The van der Waals surface area contributed by atoms with E-state index >= 15 is 0 Å². The number of nitrogens with zero attached hydrogens (tertiary/aromatic N) is 1. The smallest absolute Gasteiger partial charge is 0.264 e. The average Bonchev–Trinajstić information content (AvgIpc) is 2.53. The van der Waals surface area contributed by atoms with Crippen molar-refractivity contribution in [2.75, 3.05) is 18.0 Å². The summed E-state index contributed by atoms with van der Waals surface area (Å²) in [5.74, 6) is 5.24. The van der Waals surface area contributed by atoms with Crippen molar-refractivity contribution in [3.63, 3.8) is 0 Å². The molecule has 5 heteroatoms. The maximum Gasteiger partial charge on any atom is 0.264 e. The SMILES string of the molecule is CN(c1ccccc1)S(=O)(=O)c1ccc(C#CCO)cc1. The fraction of sp³-hybridized carbons (Fsp3) is 0.125. The average molecular weight is 301 g/mol. The maximum absolute atomic E-state index is 12.5. The molecule has 0 aliphatic carbocycles. The first-order chi connectivity index (χ1) is 10.1. The molecule has 0 aliphatic rings. The molecule has 0 radical (unpaired) electrons. The molecule has 1 N–H and O–H groups in total. The molecule has 2 aromatic carbocycles. The Morgan fingerprint density at radius 3 is 2.24 bits per heavy atom. The van der Waals surface area contributed by atoms with Gasteiger partial charge in [-0.3, -0.25) is 4.31 Å². The van der Waals surface area contributed by atoms with Crippen molar-refractivity contribution in [2.24, 2.45) is 0 Å². The van der Waals surface area contributed by atoms with Gasteiger partial charge < -0.3 is 5.11 Å². The molecule has 0 unspecified atom stereocenters. The minimum Gasteiger partial charge on any atom is -0.384 e. The molecule has 0 aliphatic heterocycles. The highest BCUT2D eigenvalue weighted by molar-refractivity contribution is 7.92. The molecule has 2 aromatic rings. The first kappa shape index (κ1) is 15.1. The Hall–Kier alpha value is -2.29. The highest BCUT2D eigenvalue weighted by Gasteiger charge is 2.20. The van der Waals surface area contributed by atoms with E-state index in [9.17, 15) is 8.42 Å². The van der Waals surface area contributed by atoms with Gasteiger partial charge in [-0.15, -0.1) is 0 Å². The lowest BCUT2D eigenvalue weighted by Gasteiger charge is -2.19. The standard InChI is InChI=1S/C16H15NO3S/c1-17(15-7-3-2-4-8-15)21(19,20)16-11-9-14(10-12-16)6-5-13-18/h2-4,7-12,18H,13H2,1H3. The van der Waals surface area contributed by atoms with Crippen LogP contribution in [0.2, 0.25) is 0 Å². The first-order valence-electron chi connectivity index (χ1n) is 6.29. The van der Waals surface area contributed by atoms with Gasteiger partial charge in [0.05, 0.1) is 10.6 Å². The van der Waals surface area contributed by atoms with Gasteiger partial charge in [0.15, 0.2) is 0 Å². The molecule has 0 saturated carbocycles. The van der Waals surface area contributed by atoms with Gasteiger partial charge in [0.25, 0.3) is 10.0 Å². The fourth-order valence-electron chi connectivity index (χ4n) is 1.79. The van der Waals surface area contributed by atoms with Gasteiger partial charge in [-0.1, -0.05) is 30.0 Å². The van der Waals surface area contributed by atoms with Crippen LogP contribution in [0, 0.1) is 11.8 Å². The van der Waals surface area contributed by atoms with Crippen molar-refractivity contribution < 1.29 is 13.5 Å². The van der Waals surface area contributed by atoms with E-state index < -0.39 is 10.0 Å². The molecule has 0 amide bonds. The number of rotatable bonds is 3. The van der Waals surface area contributed by atoms with Crippen molar-refractivity contribution in [3.05, 3.63) is 60.2 Å². The van der Waals surface area contributed by atoms with E-state index in [1.165, 1.54) is 23.5 Å². The van der Waals surface area contributed by atoms with Gasteiger partial charge >= 0.3 is 0 Å². The molecule has 0 spiro atoms. The van der Waals surface area contributed by atoms with Crippen LogP contribution in [0.25, 0.3) is 0 Å². The summed E-state index contributed by atoms with van der Waals surface area (Å²) in [5.41, 5.74) is 1.26. The molecule has 21 heavy (non-hydrogen) atoms. The predicted molar refractivity (Wildman–Crippen MR) is 82.4 cm³/mol. The van der Waals surface area contributed by atoms with E-state index in [1.807, 2.05) is 6.07 Å². The van der Waals surface area contributed by atoms with Crippen molar-refractivity contribution in [3.8, 4) is 11.8 Å². The Morgan fingerprint density at radius 2 is 1.67 bits per heavy atom. The van der Waals surface area contributed by atoms with E-state index in [2.05, 4.69) is 11.8 Å². The topological polar surface area (TPSA) is 57.6 Å². The molecule has 0 saturated heterocycles. The Balaban J connectivity index is 2.31. The van der Waals surface area contributed by atoms with E-state index in [4.69, 9.17) is 5.11 Å². The summed E-state index contributed by atoms with van der Waals surface area (Å²) in [6.07, 6.45) is 0. The summed E-state index contributed by atoms with van der Waals surface area (Å²) in [7, 11) is -2.08. The van der Waals surface area contributed by atoms with E-state index in [-0.39, 0.29) is 11.5 Å². The molecule has 0 fully saturated rings. The number of benzene rings is 2. The predicted octanol–water partition coefficient (Wildman–Crippen LogP) is 1.86. The fourth-order valence-corrected chi connectivity index (χ4v) is 2.98. The lowest BCUT2D eigenvalue weighted by molar-refractivity contribution is 0.350. The minimum atomic E-state index is -3.59. The van der Waals surface area contributed by atoms with Crippen molar-refractivity contribution in [1.82, 2.24) is 0 Å². The molecular weight excluding hydrogens is 286 g/mol. The number of sulfonamides is 1. The van der Waals surface area contributed by atoms with E-state index in [0.717, 1.165) is 0 Å². The highest BCUT2D eigenvalue weighted by Crippen LogP contribution is 2.21. The van der Waals surface area contributed by atoms with Gasteiger partial charge in [0.2, 0.25) is 0 Å². The molecule has 0 aromatic heterocycles. The summed E-state index contributed by atoms with van der Waals surface area (Å²) >= 11 is 0. The van der Waals surface area contributed by atoms with Crippen molar-refractivity contribution in [1.29, 1.82) is 0 Å². The summed E-state index contributed by atoms with van der Waals surface area (Å²) in [6.45, 7) is -0.225. The molecule has 0 atom stereocenters. The van der Waals surface area contributed by atoms with Crippen molar-refractivity contribution >= 4 is 15.7 Å². The number of hydrogen-bond acceptors (Lipinski definition) is 3. The lowest BCUT2D eigenvalue weighted by Crippen LogP contribution is -2.26. The second-order valence-corrected chi connectivity index (χ2v) is 6.26. The highest BCUT2D eigenvalue weighted by atomic mass is 32.2. The maximum atomic E-state index is 12.5. The summed E-state index contributed by atoms with van der Waals surface area (Å²) in [4.78, 5) is 0.198. The summed E-state index contributed by atoms with van der Waals surface area (Å²) in [6, 6.07) is 15.1. The minimum absolute atomic E-state index is 0.198. The zero-order valence-electron chi connectivity index (χ0n) is 11.5. The second-order valence-electron chi connectivity index (χ2n) is 4.29. The van der Waals surface area contributed by atoms with Crippen LogP contribution in [0.1, 0.15) is 5.56 Å². The molecule has 108 valence electrons. The van der Waals surface area contributed by atoms with Gasteiger partial charge in [0.1, 0.15) is 6.61 Å². The van der Waals surface area contributed by atoms with E-state index in [1.54, 1.807) is 36.4 Å². The molecular formula is C16H15NO3S. The third-order valence-electron chi connectivity index (χ3n) is 2.94. The monoisotopic (exact) mass is 301 g/mol. The molecule has 0 bridgehead atoms. The number of aliphatic hydroxyl groups is 1. The van der Waals surface area contributed by atoms with Gasteiger partial charge in [-0.2, -0.15) is 0 Å². The Bertz CT molecular complexity index is 757.